The van der Waals surface area contributed by atoms with E-state index in [2.05, 4.69) is 35.8 Å². The topological polar surface area (TPSA) is 45.7 Å². The van der Waals surface area contributed by atoms with Crippen LogP contribution in [0.25, 0.3) is 0 Å². The summed E-state index contributed by atoms with van der Waals surface area (Å²) in [5.41, 5.74) is 5.03. The number of thiocarbonyl (C=S) groups is 1. The third kappa shape index (κ3) is 4.26. The molecule has 1 saturated heterocycles. The van der Waals surface area contributed by atoms with Crippen LogP contribution in [0.4, 0.5) is 0 Å². The molecule has 20 heavy (non-hydrogen) atoms. The van der Waals surface area contributed by atoms with E-state index in [-0.39, 0.29) is 6.10 Å². The minimum atomic E-state index is 0.279. The Morgan fingerprint density at radius 3 is 2.95 bits per heavy atom. The summed E-state index contributed by atoms with van der Waals surface area (Å²) in [7, 11) is 0. The first-order chi connectivity index (χ1) is 9.56. The molecule has 1 aliphatic heterocycles. The molecule has 0 unspecified atom stereocenters. The van der Waals surface area contributed by atoms with E-state index in [0.29, 0.717) is 5.11 Å². The van der Waals surface area contributed by atoms with E-state index in [1.54, 1.807) is 11.3 Å². The first kappa shape index (κ1) is 15.4. The molecule has 2 N–H and O–H groups in total. The molecule has 1 aromatic heterocycles. The summed E-state index contributed by atoms with van der Waals surface area (Å²) in [6, 6.07) is 2.16. The van der Waals surface area contributed by atoms with Crippen molar-refractivity contribution in [3.8, 4) is 0 Å². The predicted molar refractivity (Wildman–Crippen MR) is 88.7 cm³/mol. The largest absolute Gasteiger partial charge is 0.376 e. The van der Waals surface area contributed by atoms with Gasteiger partial charge in [0.15, 0.2) is 5.11 Å². The molecule has 1 fully saturated rings. The molecule has 2 heterocycles. The van der Waals surface area contributed by atoms with E-state index >= 15 is 0 Å². The number of ether oxygens (including phenoxy) is 1. The molecule has 0 radical (unpaired) electrons. The van der Waals surface area contributed by atoms with Crippen molar-refractivity contribution in [1.29, 1.82) is 0 Å². The zero-order chi connectivity index (χ0) is 14.5. The Bertz CT molecular complexity index is 505. The van der Waals surface area contributed by atoms with E-state index in [1.165, 1.54) is 15.3 Å². The van der Waals surface area contributed by atoms with Crippen molar-refractivity contribution in [2.24, 2.45) is 5.10 Å². The Morgan fingerprint density at radius 2 is 2.35 bits per heavy atom. The van der Waals surface area contributed by atoms with Crippen LogP contribution in [0, 0.1) is 13.8 Å². The summed E-state index contributed by atoms with van der Waals surface area (Å²) in [5.74, 6) is 0. The van der Waals surface area contributed by atoms with Gasteiger partial charge in [-0.3, -0.25) is 5.43 Å². The van der Waals surface area contributed by atoms with Crippen molar-refractivity contribution in [3.05, 3.63) is 21.4 Å². The average molecular weight is 311 g/mol. The summed E-state index contributed by atoms with van der Waals surface area (Å²) in [4.78, 5) is 2.58. The van der Waals surface area contributed by atoms with E-state index in [0.717, 1.165) is 31.7 Å². The molecule has 0 aromatic carbocycles. The van der Waals surface area contributed by atoms with E-state index in [9.17, 15) is 0 Å². The molecular weight excluding hydrogens is 290 g/mol. The van der Waals surface area contributed by atoms with E-state index in [1.807, 2.05) is 6.92 Å². The van der Waals surface area contributed by atoms with Gasteiger partial charge in [0.25, 0.3) is 0 Å². The molecule has 0 spiro atoms. The van der Waals surface area contributed by atoms with Gasteiger partial charge in [0.1, 0.15) is 0 Å². The van der Waals surface area contributed by atoms with Crippen LogP contribution in [0.1, 0.15) is 35.1 Å². The van der Waals surface area contributed by atoms with Gasteiger partial charge in [-0.05, 0) is 51.9 Å². The second-order valence-corrected chi connectivity index (χ2v) is 6.85. The lowest BCUT2D eigenvalue weighted by molar-refractivity contribution is 0.114. The molecule has 1 aromatic rings. The van der Waals surface area contributed by atoms with Gasteiger partial charge in [-0.15, -0.1) is 11.3 Å². The van der Waals surface area contributed by atoms with Crippen LogP contribution in [0.15, 0.2) is 11.2 Å². The van der Waals surface area contributed by atoms with Crippen LogP contribution in [0.2, 0.25) is 0 Å². The maximum atomic E-state index is 5.53. The molecule has 1 aliphatic rings. The maximum Gasteiger partial charge on any atom is 0.187 e. The van der Waals surface area contributed by atoms with Gasteiger partial charge in [-0.2, -0.15) is 5.10 Å². The quantitative estimate of drug-likeness (QED) is 0.510. The molecule has 0 bridgehead atoms. The van der Waals surface area contributed by atoms with Gasteiger partial charge in [0.05, 0.1) is 11.8 Å². The van der Waals surface area contributed by atoms with Crippen molar-refractivity contribution in [2.45, 2.75) is 39.7 Å². The predicted octanol–water partition coefficient (Wildman–Crippen LogP) is 2.73. The zero-order valence-corrected chi connectivity index (χ0v) is 13.8. The molecule has 6 heteroatoms. The van der Waals surface area contributed by atoms with Gasteiger partial charge in [0, 0.05) is 28.5 Å². The summed E-state index contributed by atoms with van der Waals surface area (Å²) >= 11 is 7.00. The lowest BCUT2D eigenvalue weighted by atomic mass is 10.2. The van der Waals surface area contributed by atoms with Crippen LogP contribution in [0.5, 0.6) is 0 Å². The fraction of sp³-hybridized carbons (Fsp3) is 0.571. The van der Waals surface area contributed by atoms with Gasteiger partial charge in [0.2, 0.25) is 0 Å². The minimum absolute atomic E-state index is 0.279. The van der Waals surface area contributed by atoms with Gasteiger partial charge < -0.3 is 10.1 Å². The van der Waals surface area contributed by atoms with Gasteiger partial charge in [-0.1, -0.05) is 0 Å². The fourth-order valence-electron chi connectivity index (χ4n) is 2.24. The second kappa shape index (κ2) is 7.15. The number of rotatable bonds is 4. The molecule has 0 amide bonds. The minimum Gasteiger partial charge on any atom is -0.376 e. The number of nitrogens with one attached hydrogen (secondary N) is 2. The number of hydrogen-bond acceptors (Lipinski definition) is 4. The Hall–Kier alpha value is -0.980. The summed E-state index contributed by atoms with van der Waals surface area (Å²) in [6.45, 7) is 7.82. The average Bonchev–Trinajstić information content (AvgIpc) is 3.03. The Labute approximate surface area is 129 Å². The Balaban J connectivity index is 1.81. The normalized spacial score (nSPS) is 19.1. The molecule has 110 valence electrons. The van der Waals surface area contributed by atoms with Crippen LogP contribution in [-0.2, 0) is 4.74 Å². The Morgan fingerprint density at radius 1 is 1.55 bits per heavy atom. The Kier molecular flexibility index (Phi) is 5.51. The third-order valence-corrected chi connectivity index (χ3v) is 4.47. The van der Waals surface area contributed by atoms with E-state index < -0.39 is 0 Å². The number of nitrogens with zero attached hydrogens (tertiary/aromatic N) is 1. The van der Waals surface area contributed by atoms with Crippen molar-refractivity contribution in [1.82, 2.24) is 10.7 Å². The van der Waals surface area contributed by atoms with Crippen molar-refractivity contribution < 1.29 is 4.74 Å². The zero-order valence-electron chi connectivity index (χ0n) is 12.2. The van der Waals surface area contributed by atoms with Crippen LogP contribution >= 0.6 is 23.6 Å². The lowest BCUT2D eigenvalue weighted by Gasteiger charge is -2.12. The highest BCUT2D eigenvalue weighted by Crippen LogP contribution is 2.21. The standard InChI is InChI=1S/C14H21N3OS2/c1-9-7-13(11(3)20-9)10(2)16-17-14(19)15-8-12-5-4-6-18-12/h7,12H,4-6,8H2,1-3H3,(H2,15,17,19)/b16-10-/t12-/m0/s1. The van der Waals surface area contributed by atoms with Crippen LogP contribution < -0.4 is 10.7 Å². The summed E-state index contributed by atoms with van der Waals surface area (Å²) in [6.07, 6.45) is 2.52. The maximum absolute atomic E-state index is 5.53. The van der Waals surface area contributed by atoms with Crippen LogP contribution in [0.3, 0.4) is 0 Å². The number of thiophene rings is 1. The highest BCUT2D eigenvalue weighted by molar-refractivity contribution is 7.80. The van der Waals surface area contributed by atoms with Crippen LogP contribution in [-0.4, -0.2) is 30.1 Å². The lowest BCUT2D eigenvalue weighted by Crippen LogP contribution is -2.37. The number of aryl methyl sites for hydroxylation is 2. The van der Waals surface area contributed by atoms with E-state index in [4.69, 9.17) is 17.0 Å². The molecule has 2 rings (SSSR count). The highest BCUT2D eigenvalue weighted by atomic mass is 32.1. The summed E-state index contributed by atoms with van der Waals surface area (Å²) in [5, 5.41) is 8.03. The summed E-state index contributed by atoms with van der Waals surface area (Å²) < 4.78 is 5.53. The molecule has 4 nitrogen and oxygen atoms in total. The van der Waals surface area contributed by atoms with Crippen molar-refractivity contribution in [3.63, 3.8) is 0 Å². The van der Waals surface area contributed by atoms with Gasteiger partial charge in [-0.25, -0.2) is 0 Å². The first-order valence-electron chi connectivity index (χ1n) is 6.83. The molecular formula is C14H21N3OS2. The number of hydrogen-bond donors (Lipinski definition) is 2. The number of hydrazone groups is 1. The first-order valence-corrected chi connectivity index (χ1v) is 8.06. The molecule has 0 saturated carbocycles. The SMILES string of the molecule is C/C(=N/NC(=S)NC[C@@H]1CCCO1)c1cc(C)sc1C. The van der Waals surface area contributed by atoms with Gasteiger partial charge >= 0.3 is 0 Å². The highest BCUT2D eigenvalue weighted by Gasteiger charge is 2.15. The van der Waals surface area contributed by atoms with Crippen molar-refractivity contribution >= 4 is 34.4 Å². The third-order valence-electron chi connectivity index (χ3n) is 3.27. The molecule has 0 aliphatic carbocycles. The second-order valence-electron chi connectivity index (χ2n) is 4.98. The van der Waals surface area contributed by atoms with Crippen molar-refractivity contribution in [2.75, 3.05) is 13.2 Å². The molecule has 1 atom stereocenters. The fourth-order valence-corrected chi connectivity index (χ4v) is 3.34. The smallest absolute Gasteiger partial charge is 0.187 e. The monoisotopic (exact) mass is 311 g/mol.